The molecule has 0 N–H and O–H groups in total. The van der Waals surface area contributed by atoms with Gasteiger partial charge >= 0.3 is 0 Å². The minimum Gasteiger partial charge on any atom is -0.493 e. The Hall–Kier alpha value is -2.81. The molecule has 3 aromatic carbocycles. The lowest BCUT2D eigenvalue weighted by Crippen LogP contribution is -2.27. The molecule has 0 aromatic heterocycles. The van der Waals surface area contributed by atoms with Crippen LogP contribution in [0.5, 0.6) is 11.5 Å². The van der Waals surface area contributed by atoms with Crippen LogP contribution in [0.3, 0.4) is 0 Å². The molecule has 1 fully saturated rings. The lowest BCUT2D eigenvalue weighted by atomic mass is 10.1. The maximum absolute atomic E-state index is 13.1. The minimum atomic E-state index is -0.368. The van der Waals surface area contributed by atoms with Crippen molar-refractivity contribution in [3.05, 3.63) is 97.6 Å². The summed E-state index contributed by atoms with van der Waals surface area (Å²) < 4.78 is 25.1. The standard InChI is InChI=1S/C25H18BrClFNO4S/c1-32-21-10-17(20(26)12-22(21)33-14-16-4-8-19(28)9-5-16)11-23-24(30)29(25(31)34-23)13-15-2-6-18(27)7-3-15/h2-12H,13-14H2,1H3/b23-11-. The van der Waals surface area contributed by atoms with E-state index < -0.39 is 0 Å². The molecular weight excluding hydrogens is 545 g/mol. The fourth-order valence-corrected chi connectivity index (χ4v) is 4.62. The molecule has 9 heteroatoms. The largest absolute Gasteiger partial charge is 0.493 e. The Balaban J connectivity index is 1.52. The van der Waals surface area contributed by atoms with Gasteiger partial charge in [-0.3, -0.25) is 14.5 Å². The van der Waals surface area contributed by atoms with Gasteiger partial charge in [0.05, 0.1) is 18.6 Å². The maximum atomic E-state index is 13.1. The van der Waals surface area contributed by atoms with Crippen LogP contribution in [0.25, 0.3) is 6.08 Å². The molecule has 1 aliphatic heterocycles. The summed E-state index contributed by atoms with van der Waals surface area (Å²) in [6.45, 7) is 0.395. The monoisotopic (exact) mass is 561 g/mol. The van der Waals surface area contributed by atoms with Crippen molar-refractivity contribution in [2.24, 2.45) is 0 Å². The third-order valence-corrected chi connectivity index (χ3v) is 6.85. The van der Waals surface area contributed by atoms with Gasteiger partial charge in [-0.15, -0.1) is 0 Å². The first-order valence-electron chi connectivity index (χ1n) is 10.1. The third-order valence-electron chi connectivity index (χ3n) is 5.00. The molecule has 34 heavy (non-hydrogen) atoms. The Labute approximate surface area is 213 Å². The molecule has 1 aliphatic rings. The highest BCUT2D eigenvalue weighted by atomic mass is 79.9. The van der Waals surface area contributed by atoms with E-state index in [1.807, 2.05) is 0 Å². The van der Waals surface area contributed by atoms with Gasteiger partial charge in [-0.1, -0.05) is 51.8 Å². The average Bonchev–Trinajstić information content (AvgIpc) is 3.08. The Bertz CT molecular complexity index is 1270. The molecule has 4 rings (SSSR count). The van der Waals surface area contributed by atoms with Crippen LogP contribution >= 0.6 is 39.3 Å². The number of rotatable bonds is 7. The van der Waals surface area contributed by atoms with E-state index in [0.29, 0.717) is 31.5 Å². The zero-order valence-electron chi connectivity index (χ0n) is 17.9. The van der Waals surface area contributed by atoms with Gasteiger partial charge < -0.3 is 9.47 Å². The van der Waals surface area contributed by atoms with Gasteiger partial charge in [0.2, 0.25) is 0 Å². The number of hydrogen-bond donors (Lipinski definition) is 0. The lowest BCUT2D eigenvalue weighted by molar-refractivity contribution is -0.123. The number of thioether (sulfide) groups is 1. The van der Waals surface area contributed by atoms with Crippen LogP contribution in [-0.4, -0.2) is 23.2 Å². The summed E-state index contributed by atoms with van der Waals surface area (Å²) in [7, 11) is 1.51. The molecule has 174 valence electrons. The van der Waals surface area contributed by atoms with Gasteiger partial charge in [-0.05, 0) is 70.9 Å². The molecule has 1 saturated heterocycles. The predicted octanol–water partition coefficient (Wildman–Crippen LogP) is 7.07. The Morgan fingerprint density at radius 1 is 1.03 bits per heavy atom. The highest BCUT2D eigenvalue weighted by molar-refractivity contribution is 9.10. The first-order valence-corrected chi connectivity index (χ1v) is 12.1. The summed E-state index contributed by atoms with van der Waals surface area (Å²) in [5.41, 5.74) is 2.26. The van der Waals surface area contributed by atoms with Crippen LogP contribution in [0.2, 0.25) is 5.02 Å². The van der Waals surface area contributed by atoms with Crippen LogP contribution in [0, 0.1) is 5.82 Å². The average molecular weight is 563 g/mol. The number of amides is 2. The van der Waals surface area contributed by atoms with E-state index in [1.54, 1.807) is 54.6 Å². The zero-order valence-corrected chi connectivity index (χ0v) is 21.0. The van der Waals surface area contributed by atoms with Gasteiger partial charge in [0.15, 0.2) is 11.5 Å². The van der Waals surface area contributed by atoms with Crippen molar-refractivity contribution < 1.29 is 23.5 Å². The van der Waals surface area contributed by atoms with Crippen molar-refractivity contribution in [3.8, 4) is 11.5 Å². The van der Waals surface area contributed by atoms with Crippen molar-refractivity contribution in [2.75, 3.05) is 7.11 Å². The third kappa shape index (κ3) is 5.63. The second-order valence-corrected chi connectivity index (χ2v) is 9.62. The number of hydrogen-bond acceptors (Lipinski definition) is 5. The Morgan fingerprint density at radius 2 is 1.71 bits per heavy atom. The first-order chi connectivity index (χ1) is 16.3. The first kappa shape index (κ1) is 24.3. The van der Waals surface area contributed by atoms with Crippen molar-refractivity contribution in [1.29, 1.82) is 0 Å². The second-order valence-electron chi connectivity index (χ2n) is 7.33. The molecule has 1 heterocycles. The van der Waals surface area contributed by atoms with Gasteiger partial charge in [0.1, 0.15) is 12.4 Å². The van der Waals surface area contributed by atoms with E-state index in [4.69, 9.17) is 21.1 Å². The molecule has 0 unspecified atom stereocenters. The molecule has 0 spiro atoms. The van der Waals surface area contributed by atoms with Crippen molar-refractivity contribution in [2.45, 2.75) is 13.2 Å². The van der Waals surface area contributed by atoms with Crippen LogP contribution < -0.4 is 9.47 Å². The normalized spacial score (nSPS) is 14.7. The molecule has 3 aromatic rings. The van der Waals surface area contributed by atoms with Gasteiger partial charge in [0, 0.05) is 9.50 Å². The van der Waals surface area contributed by atoms with E-state index in [9.17, 15) is 14.0 Å². The number of ether oxygens (including phenoxy) is 2. The van der Waals surface area contributed by atoms with E-state index in [0.717, 1.165) is 22.9 Å². The molecule has 0 atom stereocenters. The highest BCUT2D eigenvalue weighted by Crippen LogP contribution is 2.38. The van der Waals surface area contributed by atoms with Crippen LogP contribution in [0.4, 0.5) is 9.18 Å². The lowest BCUT2D eigenvalue weighted by Gasteiger charge is -2.13. The van der Waals surface area contributed by atoms with Crippen LogP contribution in [0.15, 0.2) is 70.0 Å². The SMILES string of the molecule is COc1cc(/C=C2\SC(=O)N(Cc3ccc(Cl)cc3)C2=O)c(Br)cc1OCc1ccc(F)cc1. The van der Waals surface area contributed by atoms with Crippen molar-refractivity contribution >= 4 is 56.5 Å². The van der Waals surface area contributed by atoms with E-state index in [1.165, 1.54) is 24.1 Å². The fourth-order valence-electron chi connectivity index (χ4n) is 3.23. The summed E-state index contributed by atoms with van der Waals surface area (Å²) in [5.74, 6) is 0.252. The zero-order chi connectivity index (χ0) is 24.2. The number of benzene rings is 3. The molecular formula is C25H18BrClFNO4S. The summed E-state index contributed by atoms with van der Waals surface area (Å²) in [5, 5.41) is 0.246. The maximum Gasteiger partial charge on any atom is 0.293 e. The van der Waals surface area contributed by atoms with Gasteiger partial charge in [-0.2, -0.15) is 0 Å². The van der Waals surface area contributed by atoms with Gasteiger partial charge in [0.25, 0.3) is 11.1 Å². The predicted molar refractivity (Wildman–Crippen MR) is 134 cm³/mol. The smallest absolute Gasteiger partial charge is 0.293 e. The number of carbonyl (C=O) groups is 2. The molecule has 0 bridgehead atoms. The summed E-state index contributed by atoms with van der Waals surface area (Å²) in [6, 6.07) is 16.5. The van der Waals surface area contributed by atoms with Crippen LogP contribution in [-0.2, 0) is 17.9 Å². The minimum absolute atomic E-state index is 0.166. The Morgan fingerprint density at radius 3 is 2.38 bits per heavy atom. The molecule has 0 saturated carbocycles. The van der Waals surface area contributed by atoms with E-state index in [-0.39, 0.29) is 30.1 Å². The number of carbonyl (C=O) groups excluding carboxylic acids is 2. The van der Waals surface area contributed by atoms with Crippen molar-refractivity contribution in [3.63, 3.8) is 0 Å². The summed E-state index contributed by atoms with van der Waals surface area (Å²) in [6.07, 6.45) is 1.64. The van der Waals surface area contributed by atoms with Crippen molar-refractivity contribution in [1.82, 2.24) is 4.90 Å². The van der Waals surface area contributed by atoms with E-state index >= 15 is 0 Å². The Kier molecular flexibility index (Phi) is 7.60. The quantitative estimate of drug-likeness (QED) is 0.288. The summed E-state index contributed by atoms with van der Waals surface area (Å²) in [4.78, 5) is 26.9. The summed E-state index contributed by atoms with van der Waals surface area (Å²) >= 11 is 10.3. The van der Waals surface area contributed by atoms with Crippen LogP contribution in [0.1, 0.15) is 16.7 Å². The molecule has 0 aliphatic carbocycles. The molecule has 0 radical (unpaired) electrons. The molecule has 2 amide bonds. The number of nitrogens with zero attached hydrogens (tertiary/aromatic N) is 1. The molecule has 5 nitrogen and oxygen atoms in total. The fraction of sp³-hybridized carbons (Fsp3) is 0.120. The van der Waals surface area contributed by atoms with E-state index in [2.05, 4.69) is 15.9 Å². The number of imide groups is 1. The highest BCUT2D eigenvalue weighted by Gasteiger charge is 2.35. The second kappa shape index (κ2) is 10.6. The van der Waals surface area contributed by atoms with Gasteiger partial charge in [-0.25, -0.2) is 4.39 Å². The number of methoxy groups -OCH3 is 1. The number of halogens is 3. The topological polar surface area (TPSA) is 55.8 Å².